The summed E-state index contributed by atoms with van der Waals surface area (Å²) in [5.41, 5.74) is 2.97. The van der Waals surface area contributed by atoms with Crippen molar-refractivity contribution in [3.8, 4) is 11.1 Å². The first-order chi connectivity index (χ1) is 8.58. The van der Waals surface area contributed by atoms with Crippen molar-refractivity contribution < 1.29 is 9.59 Å². The summed E-state index contributed by atoms with van der Waals surface area (Å²) in [5.74, 6) is 0. The Morgan fingerprint density at radius 1 is 0.722 bits per heavy atom. The lowest BCUT2D eigenvalue weighted by Gasteiger charge is -2.04. The molecule has 2 rings (SSSR count). The zero-order valence-electron chi connectivity index (χ0n) is 9.19. The largest absolute Gasteiger partial charge is 0.281 e. The molecule has 0 amide bonds. The van der Waals surface area contributed by atoms with Gasteiger partial charge in [0.2, 0.25) is 9.39 Å². The molecule has 4 heteroatoms. The second-order valence-corrected chi connectivity index (χ2v) is 5.15. The van der Waals surface area contributed by atoms with E-state index in [1.165, 1.54) is 0 Å². The first-order valence-electron chi connectivity index (χ1n) is 5.18. The Morgan fingerprint density at radius 3 is 1.44 bits per heavy atom. The van der Waals surface area contributed by atoms with Gasteiger partial charge in [0.25, 0.3) is 0 Å². The summed E-state index contributed by atoms with van der Waals surface area (Å²) < 4.78 is -0.311. The van der Waals surface area contributed by atoms with Crippen LogP contribution >= 0.6 is 31.9 Å². The molecule has 0 spiro atoms. The first-order valence-corrected chi connectivity index (χ1v) is 6.76. The molecule has 0 aliphatic carbocycles. The second-order valence-electron chi connectivity index (χ2n) is 3.71. The van der Waals surface area contributed by atoms with Crippen molar-refractivity contribution in [2.45, 2.75) is 0 Å². The molecule has 0 aliphatic rings. The summed E-state index contributed by atoms with van der Waals surface area (Å²) in [7, 11) is 0. The summed E-state index contributed by atoms with van der Waals surface area (Å²) in [4.78, 5) is 22.5. The maximum absolute atomic E-state index is 11.3. The first kappa shape index (κ1) is 13.2. The molecule has 0 unspecified atom stereocenters. The van der Waals surface area contributed by atoms with Gasteiger partial charge < -0.3 is 0 Å². The minimum Gasteiger partial charge on any atom is -0.281 e. The predicted octanol–water partition coefficient (Wildman–Crippen LogP) is 4.42. The Morgan fingerprint density at radius 2 is 1.11 bits per heavy atom. The molecule has 0 aromatic heterocycles. The molecule has 2 aromatic rings. The van der Waals surface area contributed by atoms with Gasteiger partial charge in [-0.1, -0.05) is 36.4 Å². The van der Waals surface area contributed by atoms with Gasteiger partial charge in [-0.2, -0.15) is 0 Å². The van der Waals surface area contributed by atoms with Crippen molar-refractivity contribution in [1.29, 1.82) is 0 Å². The number of carbonyl (C=O) groups excluding carboxylic acids is 2. The molecule has 90 valence electrons. The maximum atomic E-state index is 11.3. The van der Waals surface area contributed by atoms with E-state index in [9.17, 15) is 9.59 Å². The van der Waals surface area contributed by atoms with Crippen molar-refractivity contribution in [1.82, 2.24) is 0 Å². The SMILES string of the molecule is O=C(Br)c1cccc(-c2cccc(C(=O)Br)c2)c1. The van der Waals surface area contributed by atoms with Gasteiger partial charge in [-0.25, -0.2) is 0 Å². The number of rotatable bonds is 3. The van der Waals surface area contributed by atoms with Crippen LogP contribution in [0.5, 0.6) is 0 Å². The van der Waals surface area contributed by atoms with Gasteiger partial charge >= 0.3 is 0 Å². The van der Waals surface area contributed by atoms with Gasteiger partial charge in [-0.3, -0.25) is 9.59 Å². The molecule has 0 saturated carbocycles. The number of halogens is 2. The quantitative estimate of drug-likeness (QED) is 0.752. The smallest absolute Gasteiger partial charge is 0.228 e. The zero-order valence-corrected chi connectivity index (χ0v) is 12.4. The molecule has 0 bridgehead atoms. The van der Waals surface area contributed by atoms with Crippen LogP contribution in [0.1, 0.15) is 20.7 Å². The molecule has 2 aromatic carbocycles. The second kappa shape index (κ2) is 5.59. The third-order valence-corrected chi connectivity index (χ3v) is 3.43. The van der Waals surface area contributed by atoms with Gasteiger partial charge in [-0.05, 0) is 55.1 Å². The standard InChI is InChI=1S/C14H8Br2O2/c15-13(17)11-5-1-3-9(7-11)10-4-2-6-12(8-10)14(16)18/h1-8H. The fraction of sp³-hybridized carbons (Fsp3) is 0. The Labute approximate surface area is 121 Å². The Kier molecular flexibility index (Phi) is 4.09. The Hall–Kier alpha value is -1.26. The third-order valence-electron chi connectivity index (χ3n) is 2.51. The maximum Gasteiger partial charge on any atom is 0.228 e. The summed E-state index contributed by atoms with van der Waals surface area (Å²) in [5, 5.41) is 0. The molecule has 0 fully saturated rings. The van der Waals surface area contributed by atoms with Crippen LogP contribution < -0.4 is 0 Å². The van der Waals surface area contributed by atoms with E-state index >= 15 is 0 Å². The lowest BCUT2D eigenvalue weighted by atomic mass is 10.0. The van der Waals surface area contributed by atoms with Gasteiger partial charge in [0.05, 0.1) is 0 Å². The minimum absolute atomic E-state index is 0.155. The Balaban J connectivity index is 2.48. The Bertz CT molecular complexity index is 565. The van der Waals surface area contributed by atoms with Crippen LogP contribution in [0.4, 0.5) is 0 Å². The van der Waals surface area contributed by atoms with E-state index in [2.05, 4.69) is 31.9 Å². The van der Waals surface area contributed by atoms with Crippen LogP contribution in [0, 0.1) is 0 Å². The molecule has 0 radical (unpaired) electrons. The van der Waals surface area contributed by atoms with E-state index < -0.39 is 0 Å². The predicted molar refractivity (Wildman–Crippen MR) is 78.4 cm³/mol. The molecule has 0 atom stereocenters. The summed E-state index contributed by atoms with van der Waals surface area (Å²) in [6, 6.07) is 14.5. The van der Waals surface area contributed by atoms with Gasteiger partial charge in [0.1, 0.15) is 0 Å². The fourth-order valence-electron chi connectivity index (χ4n) is 1.64. The van der Waals surface area contributed by atoms with Crippen molar-refractivity contribution in [2.75, 3.05) is 0 Å². The summed E-state index contributed by atoms with van der Waals surface area (Å²) >= 11 is 5.85. The number of hydrogen-bond acceptors (Lipinski definition) is 2. The average molecular weight is 368 g/mol. The topological polar surface area (TPSA) is 34.1 Å². The van der Waals surface area contributed by atoms with E-state index in [-0.39, 0.29) is 9.39 Å². The number of carbonyl (C=O) groups is 2. The highest BCUT2D eigenvalue weighted by Gasteiger charge is 2.06. The van der Waals surface area contributed by atoms with Crippen LogP contribution in [0.15, 0.2) is 48.5 Å². The highest BCUT2D eigenvalue weighted by atomic mass is 79.9. The molecular weight excluding hydrogens is 360 g/mol. The highest BCUT2D eigenvalue weighted by molar-refractivity contribution is 9.18. The van der Waals surface area contributed by atoms with Gasteiger partial charge in [-0.15, -0.1) is 0 Å². The third kappa shape index (κ3) is 2.94. The van der Waals surface area contributed by atoms with Crippen LogP contribution in [-0.2, 0) is 0 Å². The average Bonchev–Trinajstić information content (AvgIpc) is 2.39. The number of benzene rings is 2. The van der Waals surface area contributed by atoms with Crippen molar-refractivity contribution in [3.05, 3.63) is 59.7 Å². The summed E-state index contributed by atoms with van der Waals surface area (Å²) in [6.45, 7) is 0. The van der Waals surface area contributed by atoms with E-state index in [0.29, 0.717) is 11.1 Å². The molecule has 0 aliphatic heterocycles. The van der Waals surface area contributed by atoms with Crippen LogP contribution in [-0.4, -0.2) is 9.39 Å². The van der Waals surface area contributed by atoms with E-state index in [4.69, 9.17) is 0 Å². The molecule has 2 nitrogen and oxygen atoms in total. The summed E-state index contributed by atoms with van der Waals surface area (Å²) in [6.07, 6.45) is 0. The van der Waals surface area contributed by atoms with Crippen LogP contribution in [0.2, 0.25) is 0 Å². The highest BCUT2D eigenvalue weighted by Crippen LogP contribution is 2.23. The van der Waals surface area contributed by atoms with Crippen LogP contribution in [0.3, 0.4) is 0 Å². The van der Waals surface area contributed by atoms with E-state index in [1.807, 2.05) is 24.3 Å². The molecular formula is C14H8Br2O2. The zero-order chi connectivity index (χ0) is 13.1. The minimum atomic E-state index is -0.155. The van der Waals surface area contributed by atoms with E-state index in [0.717, 1.165) is 11.1 Å². The van der Waals surface area contributed by atoms with Crippen molar-refractivity contribution in [2.24, 2.45) is 0 Å². The van der Waals surface area contributed by atoms with Gasteiger partial charge in [0.15, 0.2) is 0 Å². The van der Waals surface area contributed by atoms with Crippen molar-refractivity contribution in [3.63, 3.8) is 0 Å². The van der Waals surface area contributed by atoms with Crippen LogP contribution in [0.25, 0.3) is 11.1 Å². The number of hydrogen-bond donors (Lipinski definition) is 0. The monoisotopic (exact) mass is 366 g/mol. The lowest BCUT2D eigenvalue weighted by molar-refractivity contribution is 0.108. The lowest BCUT2D eigenvalue weighted by Crippen LogP contribution is -1.91. The fourth-order valence-corrected chi connectivity index (χ4v) is 2.14. The molecule has 0 saturated heterocycles. The molecule has 0 N–H and O–H groups in total. The molecule has 18 heavy (non-hydrogen) atoms. The molecule has 0 heterocycles. The van der Waals surface area contributed by atoms with Gasteiger partial charge in [0, 0.05) is 11.1 Å². The van der Waals surface area contributed by atoms with Crippen molar-refractivity contribution >= 4 is 41.2 Å². The van der Waals surface area contributed by atoms with E-state index in [1.54, 1.807) is 24.3 Å². The normalized spacial score (nSPS) is 10.1.